The van der Waals surface area contributed by atoms with Gasteiger partial charge in [-0.25, -0.2) is 13.2 Å². The number of piperidine rings is 1. The molecule has 0 saturated carbocycles. The number of carbonyl (C=O) groups is 1. The number of esters is 1. The molecule has 3 rings (SSSR count). The van der Waals surface area contributed by atoms with Gasteiger partial charge in [-0.05, 0) is 44.0 Å². The Morgan fingerprint density at radius 2 is 2.12 bits per heavy atom. The molecule has 1 saturated heterocycles. The van der Waals surface area contributed by atoms with E-state index in [4.69, 9.17) is 9.15 Å². The Balaban J connectivity index is 1.89. The Bertz CT molecular complexity index is 949. The number of sulfonamides is 1. The van der Waals surface area contributed by atoms with E-state index in [0.29, 0.717) is 30.4 Å². The molecule has 1 aromatic heterocycles. The van der Waals surface area contributed by atoms with Crippen LogP contribution in [0, 0.1) is 5.92 Å². The van der Waals surface area contributed by atoms with Crippen molar-refractivity contribution in [3.63, 3.8) is 0 Å². The van der Waals surface area contributed by atoms with Gasteiger partial charge in [-0.3, -0.25) is 4.79 Å². The molecule has 0 bridgehead atoms. The summed E-state index contributed by atoms with van der Waals surface area (Å²) in [5.41, 5.74) is -0.161. The zero-order chi connectivity index (χ0) is 18.0. The van der Waals surface area contributed by atoms with Crippen LogP contribution in [0.25, 0.3) is 11.0 Å². The van der Waals surface area contributed by atoms with E-state index < -0.39 is 21.6 Å². The minimum absolute atomic E-state index is 0.110. The first-order chi connectivity index (χ1) is 11.9. The molecule has 1 unspecified atom stereocenters. The molecule has 1 aromatic carbocycles. The summed E-state index contributed by atoms with van der Waals surface area (Å²) in [4.78, 5) is 23.3. The second-order valence-electron chi connectivity index (χ2n) is 5.91. The van der Waals surface area contributed by atoms with Gasteiger partial charge in [-0.15, -0.1) is 0 Å². The second-order valence-corrected chi connectivity index (χ2v) is 7.85. The fourth-order valence-corrected chi connectivity index (χ4v) is 4.53. The standard InChI is InChI=1S/C17H19NO6S/c1-2-23-17(20)13-4-3-9-18(11-13)25(21,22)14-6-7-15-12(10-14)5-8-16(19)24-15/h5-8,10,13H,2-4,9,11H2,1H3. The van der Waals surface area contributed by atoms with Crippen molar-refractivity contribution in [1.82, 2.24) is 4.31 Å². The quantitative estimate of drug-likeness (QED) is 0.605. The lowest BCUT2D eigenvalue weighted by Crippen LogP contribution is -2.42. The smallest absolute Gasteiger partial charge is 0.336 e. The van der Waals surface area contributed by atoms with Crippen LogP contribution in [0.15, 0.2) is 44.4 Å². The molecule has 2 aromatic rings. The van der Waals surface area contributed by atoms with Crippen LogP contribution in [0.3, 0.4) is 0 Å². The topological polar surface area (TPSA) is 93.9 Å². The molecule has 7 nitrogen and oxygen atoms in total. The maximum absolute atomic E-state index is 12.9. The first-order valence-corrected chi connectivity index (χ1v) is 9.56. The SMILES string of the molecule is CCOC(=O)C1CCCN(S(=O)(=O)c2ccc3oc(=O)ccc3c2)C1. The molecular formula is C17H19NO6S. The molecule has 0 spiro atoms. The van der Waals surface area contributed by atoms with E-state index in [2.05, 4.69) is 0 Å². The van der Waals surface area contributed by atoms with Gasteiger partial charge in [0, 0.05) is 24.5 Å². The molecule has 1 aliphatic rings. The van der Waals surface area contributed by atoms with Crippen LogP contribution >= 0.6 is 0 Å². The maximum Gasteiger partial charge on any atom is 0.336 e. The van der Waals surface area contributed by atoms with Gasteiger partial charge in [0.1, 0.15) is 5.58 Å². The lowest BCUT2D eigenvalue weighted by atomic mass is 10.0. The summed E-state index contributed by atoms with van der Waals surface area (Å²) >= 11 is 0. The highest BCUT2D eigenvalue weighted by Gasteiger charge is 2.34. The Kier molecular flexibility index (Phi) is 4.91. The van der Waals surface area contributed by atoms with Gasteiger partial charge in [0.2, 0.25) is 10.0 Å². The van der Waals surface area contributed by atoms with Crippen LogP contribution in [0.2, 0.25) is 0 Å². The predicted molar refractivity (Wildman–Crippen MR) is 90.6 cm³/mol. The minimum Gasteiger partial charge on any atom is -0.466 e. The number of fused-ring (bicyclic) bond motifs is 1. The van der Waals surface area contributed by atoms with Gasteiger partial charge >= 0.3 is 11.6 Å². The lowest BCUT2D eigenvalue weighted by Gasteiger charge is -2.30. The van der Waals surface area contributed by atoms with Crippen molar-refractivity contribution in [2.75, 3.05) is 19.7 Å². The van der Waals surface area contributed by atoms with Gasteiger partial charge in [-0.1, -0.05) is 0 Å². The van der Waals surface area contributed by atoms with Crippen molar-refractivity contribution >= 4 is 27.0 Å². The molecule has 2 heterocycles. The summed E-state index contributed by atoms with van der Waals surface area (Å²) < 4.78 is 37.2. The first-order valence-electron chi connectivity index (χ1n) is 8.12. The summed E-state index contributed by atoms with van der Waals surface area (Å²) in [6, 6.07) is 7.13. The van der Waals surface area contributed by atoms with Crippen LogP contribution in [-0.4, -0.2) is 38.4 Å². The van der Waals surface area contributed by atoms with Crippen molar-refractivity contribution in [2.24, 2.45) is 5.92 Å². The molecule has 1 fully saturated rings. The van der Waals surface area contributed by atoms with Gasteiger partial charge in [-0.2, -0.15) is 4.31 Å². The van der Waals surface area contributed by atoms with Gasteiger partial charge in [0.15, 0.2) is 0 Å². The van der Waals surface area contributed by atoms with Crippen molar-refractivity contribution in [1.29, 1.82) is 0 Å². The molecule has 0 amide bonds. The van der Waals surface area contributed by atoms with Crippen LogP contribution < -0.4 is 5.63 Å². The van der Waals surface area contributed by atoms with E-state index >= 15 is 0 Å². The van der Waals surface area contributed by atoms with Crippen LogP contribution in [-0.2, 0) is 19.6 Å². The lowest BCUT2D eigenvalue weighted by molar-refractivity contribution is -0.149. The molecule has 134 valence electrons. The summed E-state index contributed by atoms with van der Waals surface area (Å²) in [5, 5.41) is 0.527. The van der Waals surface area contributed by atoms with Crippen LogP contribution in [0.1, 0.15) is 19.8 Å². The van der Waals surface area contributed by atoms with Crippen molar-refractivity contribution in [3.8, 4) is 0 Å². The third-order valence-electron chi connectivity index (χ3n) is 4.23. The molecular weight excluding hydrogens is 346 g/mol. The van der Waals surface area contributed by atoms with Crippen molar-refractivity contribution in [2.45, 2.75) is 24.7 Å². The number of rotatable bonds is 4. The Hall–Kier alpha value is -2.19. The summed E-state index contributed by atoms with van der Waals surface area (Å²) in [5.74, 6) is -0.801. The number of hydrogen-bond acceptors (Lipinski definition) is 6. The van der Waals surface area contributed by atoms with E-state index in [-0.39, 0.29) is 24.0 Å². The summed E-state index contributed by atoms with van der Waals surface area (Å²) in [7, 11) is -3.74. The maximum atomic E-state index is 12.9. The third kappa shape index (κ3) is 3.59. The summed E-state index contributed by atoms with van der Waals surface area (Å²) in [6.45, 7) is 2.48. The summed E-state index contributed by atoms with van der Waals surface area (Å²) in [6.07, 6.45) is 1.22. The highest BCUT2D eigenvalue weighted by molar-refractivity contribution is 7.89. The average molecular weight is 365 g/mol. The largest absolute Gasteiger partial charge is 0.466 e. The van der Waals surface area contributed by atoms with Gasteiger partial charge in [0.05, 0.1) is 17.4 Å². The molecule has 0 N–H and O–H groups in total. The fraction of sp³-hybridized carbons (Fsp3) is 0.412. The first kappa shape index (κ1) is 17.6. The van der Waals surface area contributed by atoms with Crippen molar-refractivity contribution < 1.29 is 22.4 Å². The van der Waals surface area contributed by atoms with Crippen LogP contribution in [0.4, 0.5) is 0 Å². The molecule has 1 aliphatic heterocycles. The zero-order valence-electron chi connectivity index (χ0n) is 13.8. The monoisotopic (exact) mass is 365 g/mol. The number of benzene rings is 1. The zero-order valence-corrected chi connectivity index (χ0v) is 14.6. The van der Waals surface area contributed by atoms with Gasteiger partial charge < -0.3 is 9.15 Å². The second kappa shape index (κ2) is 6.97. The average Bonchev–Trinajstić information content (AvgIpc) is 2.61. The Labute approximate surface area is 145 Å². The minimum atomic E-state index is -3.74. The van der Waals surface area contributed by atoms with E-state index in [1.807, 2.05) is 0 Å². The van der Waals surface area contributed by atoms with E-state index in [1.165, 1.54) is 34.6 Å². The van der Waals surface area contributed by atoms with Crippen LogP contribution in [0.5, 0.6) is 0 Å². The van der Waals surface area contributed by atoms with E-state index in [1.54, 1.807) is 6.92 Å². The highest BCUT2D eigenvalue weighted by Crippen LogP contribution is 2.26. The molecule has 25 heavy (non-hydrogen) atoms. The Morgan fingerprint density at radius 3 is 2.88 bits per heavy atom. The highest BCUT2D eigenvalue weighted by atomic mass is 32.2. The van der Waals surface area contributed by atoms with E-state index in [0.717, 1.165) is 0 Å². The molecule has 8 heteroatoms. The fourth-order valence-electron chi connectivity index (χ4n) is 2.97. The predicted octanol–water partition coefficient (Wildman–Crippen LogP) is 1.76. The number of hydrogen-bond donors (Lipinski definition) is 0. The Morgan fingerprint density at radius 1 is 1.32 bits per heavy atom. The normalized spacial score (nSPS) is 19.0. The number of ether oxygens (including phenoxy) is 1. The van der Waals surface area contributed by atoms with Gasteiger partial charge in [0.25, 0.3) is 0 Å². The third-order valence-corrected chi connectivity index (χ3v) is 6.09. The number of nitrogens with zero attached hydrogens (tertiary/aromatic N) is 1. The molecule has 0 aliphatic carbocycles. The van der Waals surface area contributed by atoms with Crippen molar-refractivity contribution in [3.05, 3.63) is 40.8 Å². The van der Waals surface area contributed by atoms with E-state index in [9.17, 15) is 18.0 Å². The molecule has 1 atom stereocenters. The molecule has 0 radical (unpaired) electrons. The number of carbonyl (C=O) groups excluding carboxylic acids is 1.